The van der Waals surface area contributed by atoms with Crippen molar-refractivity contribution in [3.63, 3.8) is 0 Å². The van der Waals surface area contributed by atoms with E-state index in [0.29, 0.717) is 42.2 Å². The number of rotatable bonds is 21. The molecule has 2 aromatic carbocycles. The summed E-state index contributed by atoms with van der Waals surface area (Å²) in [6, 6.07) is 5.19. The molecule has 2 N–H and O–H groups in total. The van der Waals surface area contributed by atoms with Crippen LogP contribution in [0.4, 0.5) is 33.3 Å². The molecule has 4 rings (SSSR count). The lowest BCUT2D eigenvalue weighted by atomic mass is 9.96. The van der Waals surface area contributed by atoms with Gasteiger partial charge < -0.3 is 29.6 Å². The summed E-state index contributed by atoms with van der Waals surface area (Å²) < 4.78 is 95.1. The Kier molecular flexibility index (Phi) is 16.0. The number of anilines is 2. The number of benzene rings is 2. The summed E-state index contributed by atoms with van der Waals surface area (Å²) >= 11 is 0. The van der Waals surface area contributed by atoms with Gasteiger partial charge in [0.15, 0.2) is 5.75 Å². The van der Waals surface area contributed by atoms with Crippen LogP contribution in [-0.2, 0) is 28.8 Å². The van der Waals surface area contributed by atoms with Gasteiger partial charge in [0.1, 0.15) is 29.7 Å². The van der Waals surface area contributed by atoms with Crippen molar-refractivity contribution in [1.82, 2.24) is 9.80 Å². The number of carbonyl (C=O) groups is 1. The second kappa shape index (κ2) is 20.4. The minimum absolute atomic E-state index is 0.101. The molecule has 0 radical (unpaired) electrons. The predicted octanol–water partition coefficient (Wildman–Crippen LogP) is 8.83. The van der Waals surface area contributed by atoms with Crippen LogP contribution >= 0.6 is 0 Å². The quantitative estimate of drug-likeness (QED) is 0.0735. The van der Waals surface area contributed by atoms with E-state index >= 15 is 0 Å². The minimum atomic E-state index is -4.75. The molecule has 2 saturated heterocycles. The van der Waals surface area contributed by atoms with Crippen molar-refractivity contribution in [2.75, 3.05) is 51.5 Å². The molecule has 2 fully saturated rings. The van der Waals surface area contributed by atoms with Crippen molar-refractivity contribution >= 4 is 17.3 Å². The Morgan fingerprint density at radius 2 is 1.58 bits per heavy atom. The van der Waals surface area contributed by atoms with E-state index in [1.165, 1.54) is 26.3 Å². The number of ether oxygens (including phenoxy) is 4. The van der Waals surface area contributed by atoms with E-state index in [-0.39, 0.29) is 42.3 Å². The predicted molar refractivity (Wildman–Crippen MR) is 205 cm³/mol. The first-order chi connectivity index (χ1) is 26.3. The van der Waals surface area contributed by atoms with E-state index in [1.807, 2.05) is 4.90 Å². The first-order valence-corrected chi connectivity index (χ1v) is 18.5. The second-order valence-electron chi connectivity index (χ2n) is 13.6. The zero-order valence-electron chi connectivity index (χ0n) is 32.0. The van der Waals surface area contributed by atoms with Crippen LogP contribution in [0.3, 0.4) is 0 Å². The van der Waals surface area contributed by atoms with Gasteiger partial charge in [-0.15, -0.1) is 0 Å². The highest BCUT2D eigenvalue weighted by molar-refractivity contribution is 5.76. The van der Waals surface area contributed by atoms with Crippen molar-refractivity contribution in [3.05, 3.63) is 90.6 Å². The van der Waals surface area contributed by atoms with E-state index in [2.05, 4.69) is 35.6 Å². The molecule has 2 heterocycles. The Morgan fingerprint density at radius 3 is 2.15 bits per heavy atom. The number of hydrogen-bond donors (Lipinski definition) is 2. The fraction of sp³-hybridized carbons (Fsp3) is 0.488. The monoisotopic (exact) mass is 776 g/mol. The van der Waals surface area contributed by atoms with Crippen LogP contribution < -0.4 is 24.8 Å². The average molecular weight is 777 g/mol. The van der Waals surface area contributed by atoms with Crippen LogP contribution in [0.25, 0.3) is 0 Å². The third kappa shape index (κ3) is 11.7. The number of nitrogens with one attached hydrogen (secondary N) is 2. The van der Waals surface area contributed by atoms with Gasteiger partial charge in [-0.05, 0) is 49.1 Å². The van der Waals surface area contributed by atoms with E-state index in [0.717, 1.165) is 32.0 Å². The summed E-state index contributed by atoms with van der Waals surface area (Å²) in [5, 5.41) is 5.95. The molecule has 9 nitrogen and oxygen atoms in total. The molecule has 1 unspecified atom stereocenters. The van der Waals surface area contributed by atoms with Gasteiger partial charge in [-0.2, -0.15) is 22.0 Å². The fourth-order valence-corrected chi connectivity index (χ4v) is 6.97. The Morgan fingerprint density at radius 1 is 0.927 bits per heavy atom. The summed E-state index contributed by atoms with van der Waals surface area (Å²) in [6.45, 7) is 9.02. The van der Waals surface area contributed by atoms with E-state index in [1.54, 1.807) is 49.6 Å². The van der Waals surface area contributed by atoms with E-state index in [9.17, 15) is 26.7 Å². The van der Waals surface area contributed by atoms with Gasteiger partial charge in [-0.1, -0.05) is 63.0 Å². The third-order valence-corrected chi connectivity index (χ3v) is 9.84. The first kappa shape index (κ1) is 43.2. The molecule has 0 bridgehead atoms. The number of likely N-dealkylation sites (tertiary alicyclic amines) is 2. The van der Waals surface area contributed by atoms with Gasteiger partial charge in [0.25, 0.3) is 0 Å². The molecule has 2 aliphatic rings. The molecule has 302 valence electrons. The highest BCUT2D eigenvalue weighted by Crippen LogP contribution is 2.44. The number of halogens is 5. The number of esters is 1. The average Bonchev–Trinajstić information content (AvgIpc) is 3.60. The van der Waals surface area contributed by atoms with Gasteiger partial charge in [-0.25, -0.2) is 0 Å². The maximum atomic E-state index is 14.9. The smallest absolute Gasteiger partial charge is 0.420 e. The lowest BCUT2D eigenvalue weighted by molar-refractivity contribution is -0.146. The maximum Gasteiger partial charge on any atom is 0.420 e. The normalized spacial score (nSPS) is 18.0. The standard InChI is InChI=1S/C41H53F5N4O5/c1-7-10-12-16-34(53-37-22-36(55-40(42)43)29(21-31(37)47-4)26-50-18-14-15-33(50)39(51)52-6)35(17-13-11-8-2)54-38-30(41(44,45)46)19-28(20-32(38)48-5)25-49-23-27(9-3)24-49/h7-8,10-13,19-22,27,33-35,40,47-48H,1-2,9,14-18,23-26H2,3-6H3/b12-10-,13-11-/t33-,34+,35?/m0/s1. The molecule has 2 aliphatic heterocycles. The molecule has 0 spiro atoms. The number of alkyl halides is 5. The number of allylic oxidation sites excluding steroid dienone is 4. The Hall–Kier alpha value is -4.56. The zero-order chi connectivity index (χ0) is 40.1. The molecule has 14 heteroatoms. The Balaban J connectivity index is 1.76. The maximum absolute atomic E-state index is 14.9. The SMILES string of the molecule is C=C/C=C\CC(Oc1c(NC)cc(CN2CC(CC)C2)cc1C(F)(F)F)[C@@H](C/C=C\C=C)Oc1cc(OC(F)F)c(CN2CCC[C@H]2C(=O)OC)cc1NC. The summed E-state index contributed by atoms with van der Waals surface area (Å²) in [5.74, 6) is -0.342. The highest BCUT2D eigenvalue weighted by Gasteiger charge is 2.39. The van der Waals surface area contributed by atoms with Crippen molar-refractivity contribution in [2.24, 2.45) is 5.92 Å². The number of hydrogen-bond acceptors (Lipinski definition) is 9. The molecule has 55 heavy (non-hydrogen) atoms. The zero-order valence-corrected chi connectivity index (χ0v) is 32.0. The van der Waals surface area contributed by atoms with Gasteiger partial charge >= 0.3 is 18.8 Å². The summed E-state index contributed by atoms with van der Waals surface area (Å²) in [5.41, 5.74) is 0.502. The molecule has 3 atom stereocenters. The summed E-state index contributed by atoms with van der Waals surface area (Å²) in [4.78, 5) is 16.4. The molecule has 0 aromatic heterocycles. The van der Waals surface area contributed by atoms with Gasteiger partial charge in [0.2, 0.25) is 0 Å². The van der Waals surface area contributed by atoms with Gasteiger partial charge in [0.05, 0.1) is 24.0 Å². The van der Waals surface area contributed by atoms with Crippen LogP contribution in [0.15, 0.2) is 73.9 Å². The molecular formula is C41H53F5N4O5. The molecule has 0 aliphatic carbocycles. The lowest BCUT2D eigenvalue weighted by Gasteiger charge is -2.39. The molecule has 0 saturated carbocycles. The fourth-order valence-electron chi connectivity index (χ4n) is 6.97. The van der Waals surface area contributed by atoms with Gasteiger partial charge in [-0.3, -0.25) is 14.6 Å². The number of nitrogens with zero attached hydrogens (tertiary/aromatic N) is 2. The van der Waals surface area contributed by atoms with Crippen molar-refractivity contribution in [1.29, 1.82) is 0 Å². The summed E-state index contributed by atoms with van der Waals surface area (Å²) in [7, 11) is 4.46. The first-order valence-electron chi connectivity index (χ1n) is 18.5. The van der Waals surface area contributed by atoms with Crippen molar-refractivity contribution in [2.45, 2.75) is 83.2 Å². The number of methoxy groups -OCH3 is 1. The highest BCUT2D eigenvalue weighted by atomic mass is 19.4. The lowest BCUT2D eigenvalue weighted by Crippen LogP contribution is -2.45. The molecule has 2 aromatic rings. The van der Waals surface area contributed by atoms with Crippen molar-refractivity contribution < 1.29 is 45.7 Å². The Bertz CT molecular complexity index is 1660. The van der Waals surface area contributed by atoms with Crippen LogP contribution in [0.5, 0.6) is 17.2 Å². The van der Waals surface area contributed by atoms with Crippen LogP contribution in [-0.4, -0.2) is 81.5 Å². The minimum Gasteiger partial charge on any atom is -0.484 e. The second-order valence-corrected chi connectivity index (χ2v) is 13.6. The summed E-state index contributed by atoms with van der Waals surface area (Å²) in [6.07, 6.45) is 5.66. The number of carbonyl (C=O) groups excluding carboxylic acids is 1. The topological polar surface area (TPSA) is 84.5 Å². The third-order valence-electron chi connectivity index (χ3n) is 9.84. The van der Waals surface area contributed by atoms with E-state index in [4.69, 9.17) is 18.9 Å². The van der Waals surface area contributed by atoms with Crippen LogP contribution in [0.2, 0.25) is 0 Å². The Labute approximate surface area is 320 Å². The van der Waals surface area contributed by atoms with E-state index < -0.39 is 42.6 Å². The van der Waals surface area contributed by atoms with Crippen molar-refractivity contribution in [3.8, 4) is 17.2 Å². The molecule has 0 amide bonds. The van der Waals surface area contributed by atoms with Gasteiger partial charge in [0, 0.05) is 64.7 Å². The largest absolute Gasteiger partial charge is 0.484 e. The van der Waals surface area contributed by atoms with Crippen LogP contribution in [0, 0.1) is 5.92 Å². The van der Waals surface area contributed by atoms with Crippen LogP contribution in [0.1, 0.15) is 55.7 Å². The molecular weight excluding hydrogens is 723 g/mol.